The van der Waals surface area contributed by atoms with Crippen LogP contribution in [0.1, 0.15) is 29.2 Å². The van der Waals surface area contributed by atoms with Gasteiger partial charge in [0.05, 0.1) is 13.5 Å². The van der Waals surface area contributed by atoms with E-state index in [0.717, 1.165) is 22.4 Å². The van der Waals surface area contributed by atoms with Gasteiger partial charge in [0.2, 0.25) is 11.8 Å². The van der Waals surface area contributed by atoms with Gasteiger partial charge in [0.15, 0.2) is 0 Å². The number of carbonyl (C=O) groups is 2. The Kier molecular flexibility index (Phi) is 9.67. The minimum Gasteiger partial charge on any atom is -0.497 e. The lowest BCUT2D eigenvalue weighted by Crippen LogP contribution is -2.44. The van der Waals surface area contributed by atoms with Crippen LogP contribution in [0.5, 0.6) is 5.75 Å². The van der Waals surface area contributed by atoms with E-state index < -0.39 is 6.04 Å². The van der Waals surface area contributed by atoms with Crippen molar-refractivity contribution >= 4 is 11.8 Å². The summed E-state index contributed by atoms with van der Waals surface area (Å²) in [4.78, 5) is 28.7. The third-order valence-electron chi connectivity index (χ3n) is 5.53. The summed E-state index contributed by atoms with van der Waals surface area (Å²) >= 11 is 0. The van der Waals surface area contributed by atoms with Gasteiger partial charge in [-0.2, -0.15) is 0 Å². The standard InChI is InChI=1S/C28H32N2O4/c1-33-19-9-18-29-28(32)27(24-12-7-4-8-13-24)30(21-23-14-16-25(34-2)17-15-23)26(31)20-22-10-5-3-6-11-22/h3-8,10-17,27H,9,18-21H2,1-2H3,(H,29,32). The summed E-state index contributed by atoms with van der Waals surface area (Å²) in [6, 6.07) is 25.8. The van der Waals surface area contributed by atoms with Crippen LogP contribution in [0.25, 0.3) is 0 Å². The molecule has 0 radical (unpaired) electrons. The summed E-state index contributed by atoms with van der Waals surface area (Å²) in [5.74, 6) is 0.404. The van der Waals surface area contributed by atoms with Gasteiger partial charge in [-0.1, -0.05) is 72.8 Å². The van der Waals surface area contributed by atoms with Crippen molar-refractivity contribution < 1.29 is 19.1 Å². The van der Waals surface area contributed by atoms with Crippen molar-refractivity contribution in [1.82, 2.24) is 10.2 Å². The number of ether oxygens (including phenoxy) is 2. The third kappa shape index (κ3) is 7.18. The second-order valence-electron chi connectivity index (χ2n) is 7.98. The predicted octanol–water partition coefficient (Wildman–Crippen LogP) is 4.16. The minimum absolute atomic E-state index is 0.122. The Morgan fingerprint density at radius 1 is 0.853 bits per heavy atom. The van der Waals surface area contributed by atoms with E-state index in [1.807, 2.05) is 84.9 Å². The first kappa shape index (κ1) is 25.0. The van der Waals surface area contributed by atoms with E-state index >= 15 is 0 Å². The first-order valence-electron chi connectivity index (χ1n) is 11.4. The number of benzene rings is 3. The van der Waals surface area contributed by atoms with Gasteiger partial charge in [-0.3, -0.25) is 9.59 Å². The van der Waals surface area contributed by atoms with Crippen molar-refractivity contribution in [2.45, 2.75) is 25.4 Å². The first-order valence-corrected chi connectivity index (χ1v) is 11.4. The molecule has 178 valence electrons. The van der Waals surface area contributed by atoms with E-state index in [1.165, 1.54) is 0 Å². The van der Waals surface area contributed by atoms with Crippen molar-refractivity contribution in [3.63, 3.8) is 0 Å². The molecule has 0 aromatic heterocycles. The summed E-state index contributed by atoms with van der Waals surface area (Å²) in [5.41, 5.74) is 2.58. The van der Waals surface area contributed by atoms with Crippen LogP contribution in [0.4, 0.5) is 0 Å². The van der Waals surface area contributed by atoms with Crippen LogP contribution in [0, 0.1) is 0 Å². The maximum Gasteiger partial charge on any atom is 0.247 e. The second-order valence-corrected chi connectivity index (χ2v) is 7.98. The van der Waals surface area contributed by atoms with Crippen LogP contribution < -0.4 is 10.1 Å². The molecule has 0 spiro atoms. The van der Waals surface area contributed by atoms with E-state index in [0.29, 0.717) is 26.1 Å². The van der Waals surface area contributed by atoms with Gasteiger partial charge in [0, 0.05) is 26.8 Å². The SMILES string of the molecule is COCCCNC(=O)C(c1ccccc1)N(Cc1ccc(OC)cc1)C(=O)Cc1ccccc1. The minimum atomic E-state index is -0.762. The molecular formula is C28H32N2O4. The molecule has 0 saturated carbocycles. The van der Waals surface area contributed by atoms with Crippen molar-refractivity contribution in [2.24, 2.45) is 0 Å². The molecule has 0 aliphatic heterocycles. The Balaban J connectivity index is 1.93. The number of amides is 2. The molecule has 34 heavy (non-hydrogen) atoms. The van der Waals surface area contributed by atoms with Crippen LogP contribution in [-0.2, 0) is 27.3 Å². The van der Waals surface area contributed by atoms with Gasteiger partial charge in [0.1, 0.15) is 11.8 Å². The fraction of sp³-hybridized carbons (Fsp3) is 0.286. The van der Waals surface area contributed by atoms with E-state index in [2.05, 4.69) is 5.32 Å². The summed E-state index contributed by atoms with van der Waals surface area (Å²) in [7, 11) is 3.25. The van der Waals surface area contributed by atoms with Crippen LogP contribution in [0.2, 0.25) is 0 Å². The summed E-state index contributed by atoms with van der Waals surface area (Å²) in [6.07, 6.45) is 0.900. The Morgan fingerprint density at radius 2 is 1.50 bits per heavy atom. The van der Waals surface area contributed by atoms with Crippen molar-refractivity contribution in [2.75, 3.05) is 27.4 Å². The molecule has 3 rings (SSSR count). The van der Waals surface area contributed by atoms with Gasteiger partial charge >= 0.3 is 0 Å². The van der Waals surface area contributed by atoms with Crippen molar-refractivity contribution in [3.8, 4) is 5.75 Å². The number of methoxy groups -OCH3 is 2. The molecular weight excluding hydrogens is 428 g/mol. The molecule has 0 saturated heterocycles. The molecule has 0 bridgehead atoms. The molecule has 3 aromatic carbocycles. The topological polar surface area (TPSA) is 67.9 Å². The zero-order valence-electron chi connectivity index (χ0n) is 19.8. The molecule has 3 aromatic rings. The molecule has 0 aliphatic carbocycles. The summed E-state index contributed by atoms with van der Waals surface area (Å²) in [6.45, 7) is 1.32. The van der Waals surface area contributed by atoms with Crippen LogP contribution in [-0.4, -0.2) is 44.1 Å². The fourth-order valence-electron chi connectivity index (χ4n) is 3.76. The highest BCUT2D eigenvalue weighted by Crippen LogP contribution is 2.25. The van der Waals surface area contributed by atoms with Crippen LogP contribution in [0.3, 0.4) is 0 Å². The summed E-state index contributed by atoms with van der Waals surface area (Å²) < 4.78 is 10.4. The molecule has 1 N–H and O–H groups in total. The maximum absolute atomic E-state index is 13.6. The predicted molar refractivity (Wildman–Crippen MR) is 132 cm³/mol. The lowest BCUT2D eigenvalue weighted by Gasteiger charge is -2.32. The fourth-order valence-corrected chi connectivity index (χ4v) is 3.76. The smallest absolute Gasteiger partial charge is 0.247 e. The number of rotatable bonds is 12. The highest BCUT2D eigenvalue weighted by atomic mass is 16.5. The monoisotopic (exact) mass is 460 g/mol. The molecule has 1 unspecified atom stereocenters. The zero-order chi connectivity index (χ0) is 24.2. The third-order valence-corrected chi connectivity index (χ3v) is 5.53. The zero-order valence-corrected chi connectivity index (χ0v) is 19.8. The highest BCUT2D eigenvalue weighted by Gasteiger charge is 2.31. The second kappa shape index (κ2) is 13.2. The van der Waals surface area contributed by atoms with Gasteiger partial charge in [-0.05, 0) is 35.2 Å². The van der Waals surface area contributed by atoms with Crippen LogP contribution >= 0.6 is 0 Å². The highest BCUT2D eigenvalue weighted by molar-refractivity contribution is 5.89. The van der Waals surface area contributed by atoms with Gasteiger partial charge < -0.3 is 19.7 Å². The van der Waals surface area contributed by atoms with E-state index in [9.17, 15) is 9.59 Å². The summed E-state index contributed by atoms with van der Waals surface area (Å²) in [5, 5.41) is 2.99. The number of hydrogen-bond donors (Lipinski definition) is 1. The van der Waals surface area contributed by atoms with E-state index in [1.54, 1.807) is 19.1 Å². The van der Waals surface area contributed by atoms with Crippen molar-refractivity contribution in [3.05, 3.63) is 102 Å². The number of carbonyl (C=O) groups excluding carboxylic acids is 2. The molecule has 6 heteroatoms. The quantitative estimate of drug-likeness (QED) is 0.412. The molecule has 0 fully saturated rings. The largest absolute Gasteiger partial charge is 0.497 e. The lowest BCUT2D eigenvalue weighted by molar-refractivity contribution is -0.141. The number of nitrogens with one attached hydrogen (secondary N) is 1. The Labute approximate surface area is 201 Å². The van der Waals surface area contributed by atoms with E-state index in [-0.39, 0.29) is 18.2 Å². The molecule has 0 aliphatic rings. The first-order chi connectivity index (χ1) is 16.6. The molecule has 1 atom stereocenters. The Bertz CT molecular complexity index is 1020. The van der Waals surface area contributed by atoms with Gasteiger partial charge in [-0.25, -0.2) is 0 Å². The van der Waals surface area contributed by atoms with Crippen molar-refractivity contribution in [1.29, 1.82) is 0 Å². The van der Waals surface area contributed by atoms with Gasteiger partial charge in [-0.15, -0.1) is 0 Å². The lowest BCUT2D eigenvalue weighted by atomic mass is 10.0. The van der Waals surface area contributed by atoms with Gasteiger partial charge in [0.25, 0.3) is 0 Å². The maximum atomic E-state index is 13.6. The molecule has 0 heterocycles. The van der Waals surface area contributed by atoms with Crippen LogP contribution in [0.15, 0.2) is 84.9 Å². The van der Waals surface area contributed by atoms with E-state index in [4.69, 9.17) is 9.47 Å². The average Bonchev–Trinajstić information content (AvgIpc) is 2.88. The molecule has 2 amide bonds. The average molecular weight is 461 g/mol. The molecule has 6 nitrogen and oxygen atoms in total. The normalized spacial score (nSPS) is 11.5. The Morgan fingerprint density at radius 3 is 2.12 bits per heavy atom. The number of nitrogens with zero attached hydrogens (tertiary/aromatic N) is 1. The Hall–Kier alpha value is -3.64. The number of hydrogen-bond acceptors (Lipinski definition) is 4.